The lowest BCUT2D eigenvalue weighted by molar-refractivity contribution is 0.328. The van der Waals surface area contributed by atoms with Crippen molar-refractivity contribution >= 4 is 0 Å². The number of hydrogen-bond acceptors (Lipinski definition) is 4. The molecule has 1 heterocycles. The molecule has 1 atom stereocenters. The molecule has 0 radical (unpaired) electrons. The summed E-state index contributed by atoms with van der Waals surface area (Å²) in [5, 5.41) is 12.0. The molecule has 0 saturated heterocycles. The number of aliphatic hydroxyl groups is 1. The minimum absolute atomic E-state index is 0.167. The van der Waals surface area contributed by atoms with E-state index in [9.17, 15) is 0 Å². The van der Waals surface area contributed by atoms with Crippen molar-refractivity contribution in [2.45, 2.75) is 53.4 Å². The SMILES string of the molecule is C=C(C)O.CCC(CC(C)C)c1nc(-c2ccc(C)cc2)no1. The molecule has 126 valence electrons. The third-order valence-corrected chi connectivity index (χ3v) is 3.35. The van der Waals surface area contributed by atoms with Gasteiger partial charge in [0.05, 0.1) is 5.76 Å². The van der Waals surface area contributed by atoms with Crippen molar-refractivity contribution in [2.75, 3.05) is 0 Å². The number of aliphatic hydroxyl groups excluding tert-OH is 1. The van der Waals surface area contributed by atoms with Crippen molar-refractivity contribution in [1.82, 2.24) is 10.1 Å². The van der Waals surface area contributed by atoms with Crippen molar-refractivity contribution in [1.29, 1.82) is 0 Å². The second kappa shape index (κ2) is 9.13. The largest absolute Gasteiger partial charge is 0.513 e. The minimum Gasteiger partial charge on any atom is -0.513 e. The van der Waals surface area contributed by atoms with Crippen LogP contribution in [0.3, 0.4) is 0 Å². The summed E-state index contributed by atoms with van der Waals surface area (Å²) in [5.41, 5.74) is 2.25. The summed E-state index contributed by atoms with van der Waals surface area (Å²) < 4.78 is 5.44. The summed E-state index contributed by atoms with van der Waals surface area (Å²) >= 11 is 0. The number of aryl methyl sites for hydroxylation is 1. The Morgan fingerprint density at radius 2 is 1.83 bits per heavy atom. The minimum atomic E-state index is 0.167. The normalized spacial score (nSPS) is 11.7. The van der Waals surface area contributed by atoms with E-state index < -0.39 is 0 Å². The van der Waals surface area contributed by atoms with E-state index >= 15 is 0 Å². The van der Waals surface area contributed by atoms with E-state index in [4.69, 9.17) is 9.63 Å². The molecule has 1 N–H and O–H groups in total. The zero-order valence-corrected chi connectivity index (χ0v) is 14.8. The molecule has 0 aliphatic rings. The second-order valence-electron chi connectivity index (χ2n) is 6.29. The quantitative estimate of drug-likeness (QED) is 0.723. The number of allylic oxidation sites excluding steroid dienone is 1. The summed E-state index contributed by atoms with van der Waals surface area (Å²) in [7, 11) is 0. The summed E-state index contributed by atoms with van der Waals surface area (Å²) in [6.45, 7) is 13.3. The fourth-order valence-electron chi connectivity index (χ4n) is 2.23. The van der Waals surface area contributed by atoms with Crippen LogP contribution in [0.25, 0.3) is 11.4 Å². The van der Waals surface area contributed by atoms with Gasteiger partial charge in [-0.3, -0.25) is 0 Å². The zero-order chi connectivity index (χ0) is 17.4. The number of hydrogen-bond donors (Lipinski definition) is 1. The number of rotatable bonds is 5. The molecule has 1 aromatic heterocycles. The maximum atomic E-state index is 7.86. The molecule has 0 bridgehead atoms. The van der Waals surface area contributed by atoms with Crippen molar-refractivity contribution < 1.29 is 9.63 Å². The Morgan fingerprint density at radius 1 is 1.26 bits per heavy atom. The summed E-state index contributed by atoms with van der Waals surface area (Å²) in [4.78, 5) is 4.56. The van der Waals surface area contributed by atoms with Crippen molar-refractivity contribution in [3.63, 3.8) is 0 Å². The molecule has 2 rings (SSSR count). The molecule has 1 aromatic carbocycles. The van der Waals surface area contributed by atoms with E-state index in [-0.39, 0.29) is 5.76 Å². The molecule has 4 nitrogen and oxygen atoms in total. The average Bonchev–Trinajstić information content (AvgIpc) is 2.94. The van der Waals surface area contributed by atoms with Gasteiger partial charge in [-0.05, 0) is 32.6 Å². The van der Waals surface area contributed by atoms with Gasteiger partial charge in [-0.1, -0.05) is 62.3 Å². The fourth-order valence-corrected chi connectivity index (χ4v) is 2.23. The van der Waals surface area contributed by atoms with Gasteiger partial charge in [-0.2, -0.15) is 4.98 Å². The lowest BCUT2D eigenvalue weighted by Crippen LogP contribution is -2.02. The number of nitrogens with zero attached hydrogens (tertiary/aromatic N) is 2. The molecular formula is C19H28N2O2. The van der Waals surface area contributed by atoms with Crippen molar-refractivity contribution in [3.8, 4) is 11.4 Å². The summed E-state index contributed by atoms with van der Waals surface area (Å²) in [6.07, 6.45) is 2.12. The van der Waals surface area contributed by atoms with E-state index in [1.807, 2.05) is 12.1 Å². The van der Waals surface area contributed by atoms with Gasteiger partial charge in [0.2, 0.25) is 11.7 Å². The Bertz CT molecular complexity index is 596. The van der Waals surface area contributed by atoms with Crippen LogP contribution in [0.2, 0.25) is 0 Å². The third kappa shape index (κ3) is 6.68. The van der Waals surface area contributed by atoms with Crippen molar-refractivity contribution in [3.05, 3.63) is 48.1 Å². The van der Waals surface area contributed by atoms with Gasteiger partial charge < -0.3 is 9.63 Å². The van der Waals surface area contributed by atoms with Gasteiger partial charge >= 0.3 is 0 Å². The maximum Gasteiger partial charge on any atom is 0.230 e. The Kier molecular flexibility index (Phi) is 7.52. The standard InChI is InChI=1S/C16H22N2O.C3H6O/c1-5-13(10-11(2)3)16-17-15(18-19-16)14-8-6-12(4)7-9-14;1-3(2)4/h6-9,11,13H,5,10H2,1-4H3;4H,1H2,2H3. The smallest absolute Gasteiger partial charge is 0.230 e. The van der Waals surface area contributed by atoms with E-state index in [0.717, 1.165) is 24.3 Å². The second-order valence-corrected chi connectivity index (χ2v) is 6.29. The van der Waals surface area contributed by atoms with Gasteiger partial charge in [-0.25, -0.2) is 0 Å². The third-order valence-electron chi connectivity index (χ3n) is 3.35. The Labute approximate surface area is 139 Å². The first kappa shape index (κ1) is 18.9. The van der Waals surface area contributed by atoms with Crippen LogP contribution in [0.1, 0.15) is 57.9 Å². The molecule has 0 amide bonds. The number of benzene rings is 1. The lowest BCUT2D eigenvalue weighted by atomic mass is 9.95. The monoisotopic (exact) mass is 316 g/mol. The molecule has 23 heavy (non-hydrogen) atoms. The van der Waals surface area contributed by atoms with Crippen LogP contribution in [-0.2, 0) is 0 Å². The highest BCUT2D eigenvalue weighted by molar-refractivity contribution is 5.54. The topological polar surface area (TPSA) is 59.2 Å². The van der Waals surface area contributed by atoms with Crippen LogP contribution in [-0.4, -0.2) is 15.2 Å². The van der Waals surface area contributed by atoms with E-state index in [0.29, 0.717) is 17.7 Å². The average molecular weight is 316 g/mol. The predicted molar refractivity (Wildman–Crippen MR) is 94.4 cm³/mol. The Morgan fingerprint density at radius 3 is 2.30 bits per heavy atom. The van der Waals surface area contributed by atoms with Crippen LogP contribution in [0, 0.1) is 12.8 Å². The highest BCUT2D eigenvalue weighted by Gasteiger charge is 2.19. The highest BCUT2D eigenvalue weighted by Crippen LogP contribution is 2.27. The summed E-state index contributed by atoms with van der Waals surface area (Å²) in [5.74, 6) is 2.63. The van der Waals surface area contributed by atoms with Gasteiger partial charge in [0.25, 0.3) is 0 Å². The molecule has 0 fully saturated rings. The van der Waals surface area contributed by atoms with Gasteiger partial charge in [0.1, 0.15) is 0 Å². The predicted octanol–water partition coefficient (Wildman–Crippen LogP) is 5.66. The van der Waals surface area contributed by atoms with Crippen molar-refractivity contribution in [2.24, 2.45) is 5.92 Å². The highest BCUT2D eigenvalue weighted by atomic mass is 16.5. The molecule has 0 spiro atoms. The lowest BCUT2D eigenvalue weighted by Gasteiger charge is -2.11. The molecule has 0 saturated carbocycles. The molecule has 0 aliphatic carbocycles. The van der Waals surface area contributed by atoms with Crippen LogP contribution < -0.4 is 0 Å². The van der Waals surface area contributed by atoms with E-state index in [1.54, 1.807) is 0 Å². The van der Waals surface area contributed by atoms with Crippen LogP contribution in [0.5, 0.6) is 0 Å². The van der Waals surface area contributed by atoms with Gasteiger partial charge in [0, 0.05) is 11.5 Å². The van der Waals surface area contributed by atoms with E-state index in [2.05, 4.69) is 56.5 Å². The molecule has 0 aliphatic heterocycles. The number of aromatic nitrogens is 2. The fraction of sp³-hybridized carbons (Fsp3) is 0.474. The molecular weight excluding hydrogens is 288 g/mol. The first-order valence-electron chi connectivity index (χ1n) is 8.08. The zero-order valence-electron chi connectivity index (χ0n) is 14.8. The first-order chi connectivity index (χ1) is 10.8. The molecule has 4 heteroatoms. The first-order valence-corrected chi connectivity index (χ1v) is 8.08. The van der Waals surface area contributed by atoms with Crippen LogP contribution in [0.15, 0.2) is 41.1 Å². The van der Waals surface area contributed by atoms with Crippen LogP contribution in [0.4, 0.5) is 0 Å². The Hall–Kier alpha value is -2.10. The maximum absolute atomic E-state index is 7.86. The van der Waals surface area contributed by atoms with E-state index in [1.165, 1.54) is 12.5 Å². The Balaban J connectivity index is 0.000000593. The molecule has 2 aromatic rings. The molecule has 1 unspecified atom stereocenters. The van der Waals surface area contributed by atoms with Gasteiger partial charge in [0.15, 0.2) is 0 Å². The van der Waals surface area contributed by atoms with Crippen LogP contribution >= 0.6 is 0 Å². The van der Waals surface area contributed by atoms with Gasteiger partial charge in [-0.15, -0.1) is 0 Å². The summed E-state index contributed by atoms with van der Waals surface area (Å²) in [6, 6.07) is 8.20.